The van der Waals surface area contributed by atoms with Gasteiger partial charge in [-0.15, -0.1) is 0 Å². The zero-order valence-electron chi connectivity index (χ0n) is 15.4. The molecule has 3 aromatic rings. The highest BCUT2D eigenvalue weighted by molar-refractivity contribution is 5.86. The number of carbonyl (C=O) groups excluding carboxylic acids is 1. The van der Waals surface area contributed by atoms with E-state index in [2.05, 4.69) is 23.2 Å². The van der Waals surface area contributed by atoms with Crippen LogP contribution in [0.5, 0.6) is 0 Å². The summed E-state index contributed by atoms with van der Waals surface area (Å²) in [6.45, 7) is 1.34. The van der Waals surface area contributed by atoms with Crippen LogP contribution >= 0.6 is 0 Å². The van der Waals surface area contributed by atoms with Crippen LogP contribution in [0.25, 0.3) is 10.8 Å². The number of aromatic nitrogens is 1. The lowest BCUT2D eigenvalue weighted by molar-refractivity contribution is -0.140. The number of fused-ring (bicyclic) bond motifs is 1. The third-order valence-electron chi connectivity index (χ3n) is 5.14. The average Bonchev–Trinajstić information content (AvgIpc) is 2.74. The first-order chi connectivity index (χ1) is 13.6. The van der Waals surface area contributed by atoms with Gasteiger partial charge in [0.1, 0.15) is 6.10 Å². The summed E-state index contributed by atoms with van der Waals surface area (Å²) in [4.78, 5) is 18.2. The Bertz CT molecular complexity index is 989. The van der Waals surface area contributed by atoms with E-state index >= 15 is 0 Å². The molecule has 144 valence electrons. The van der Waals surface area contributed by atoms with Crippen molar-refractivity contribution in [2.75, 3.05) is 19.7 Å². The van der Waals surface area contributed by atoms with Crippen molar-refractivity contribution in [2.45, 2.75) is 18.6 Å². The lowest BCUT2D eigenvalue weighted by Gasteiger charge is -2.35. The molecule has 1 saturated heterocycles. The standard InChI is InChI=1S/C22H22FN3O2/c23-21-16(7-4-10-25-21)13-19(24)22(27)26-11-12-28-20(14-26)18-9-3-6-15-5-1-2-8-17(15)18/h1-10,19-20H,11-14,24H2. The maximum Gasteiger partial charge on any atom is 0.240 e. The van der Waals surface area contributed by atoms with Gasteiger partial charge in [-0.1, -0.05) is 48.5 Å². The van der Waals surface area contributed by atoms with E-state index in [1.54, 1.807) is 17.0 Å². The second-order valence-electron chi connectivity index (χ2n) is 6.98. The van der Waals surface area contributed by atoms with Gasteiger partial charge in [0.05, 0.1) is 19.2 Å². The second-order valence-corrected chi connectivity index (χ2v) is 6.98. The summed E-state index contributed by atoms with van der Waals surface area (Å²) >= 11 is 0. The summed E-state index contributed by atoms with van der Waals surface area (Å²) in [5, 5.41) is 2.25. The molecule has 2 aromatic carbocycles. The number of hydrogen-bond donors (Lipinski definition) is 1. The second kappa shape index (κ2) is 8.04. The first-order valence-electron chi connectivity index (χ1n) is 9.36. The molecule has 1 aliphatic rings. The number of hydrogen-bond acceptors (Lipinski definition) is 4. The van der Waals surface area contributed by atoms with Crippen molar-refractivity contribution in [3.63, 3.8) is 0 Å². The summed E-state index contributed by atoms with van der Waals surface area (Å²) in [5.41, 5.74) is 7.50. The minimum atomic E-state index is -0.815. The van der Waals surface area contributed by atoms with Crippen molar-refractivity contribution in [3.8, 4) is 0 Å². The highest BCUT2D eigenvalue weighted by Gasteiger charge is 2.29. The maximum absolute atomic E-state index is 13.8. The summed E-state index contributed by atoms with van der Waals surface area (Å²) in [7, 11) is 0. The molecule has 0 aliphatic carbocycles. The van der Waals surface area contributed by atoms with E-state index in [4.69, 9.17) is 10.5 Å². The molecule has 28 heavy (non-hydrogen) atoms. The highest BCUT2D eigenvalue weighted by atomic mass is 19.1. The molecular weight excluding hydrogens is 357 g/mol. The molecule has 4 rings (SSSR count). The number of morpholine rings is 1. The van der Waals surface area contributed by atoms with E-state index in [9.17, 15) is 9.18 Å². The van der Waals surface area contributed by atoms with Gasteiger partial charge in [0.15, 0.2) is 0 Å². The van der Waals surface area contributed by atoms with Gasteiger partial charge in [0.2, 0.25) is 11.9 Å². The van der Waals surface area contributed by atoms with Crippen LogP contribution in [-0.4, -0.2) is 41.5 Å². The molecule has 0 bridgehead atoms. The van der Waals surface area contributed by atoms with Crippen LogP contribution in [0.1, 0.15) is 17.2 Å². The molecule has 2 heterocycles. The Balaban J connectivity index is 1.50. The number of nitrogens with two attached hydrogens (primary N) is 1. The molecule has 5 nitrogen and oxygen atoms in total. The fourth-order valence-corrected chi connectivity index (χ4v) is 3.70. The molecule has 0 saturated carbocycles. The molecule has 1 amide bonds. The van der Waals surface area contributed by atoms with E-state index in [1.165, 1.54) is 6.20 Å². The summed E-state index contributed by atoms with van der Waals surface area (Å²) in [5.74, 6) is -0.779. The smallest absolute Gasteiger partial charge is 0.240 e. The van der Waals surface area contributed by atoms with E-state index < -0.39 is 12.0 Å². The SMILES string of the molecule is NC(Cc1cccnc1F)C(=O)N1CCOC(c2cccc3ccccc23)C1. The molecule has 1 aromatic heterocycles. The third-order valence-corrected chi connectivity index (χ3v) is 5.14. The van der Waals surface area contributed by atoms with Crippen molar-refractivity contribution in [2.24, 2.45) is 5.73 Å². The highest BCUT2D eigenvalue weighted by Crippen LogP contribution is 2.29. The lowest BCUT2D eigenvalue weighted by Crippen LogP contribution is -2.50. The van der Waals surface area contributed by atoms with Crippen molar-refractivity contribution in [3.05, 3.63) is 77.9 Å². The number of amides is 1. The number of rotatable bonds is 4. The third kappa shape index (κ3) is 3.74. The topological polar surface area (TPSA) is 68.5 Å². The van der Waals surface area contributed by atoms with E-state index in [0.717, 1.165) is 16.3 Å². The predicted molar refractivity (Wildman–Crippen MR) is 105 cm³/mol. The molecule has 1 fully saturated rings. The lowest BCUT2D eigenvalue weighted by atomic mass is 9.99. The van der Waals surface area contributed by atoms with Crippen molar-refractivity contribution < 1.29 is 13.9 Å². The van der Waals surface area contributed by atoms with Crippen LogP contribution in [0.3, 0.4) is 0 Å². The molecule has 0 spiro atoms. The predicted octanol–water partition coefficient (Wildman–Crippen LogP) is 2.84. The van der Waals surface area contributed by atoms with E-state index in [0.29, 0.717) is 25.3 Å². The molecule has 6 heteroatoms. The van der Waals surface area contributed by atoms with Gasteiger partial charge >= 0.3 is 0 Å². The van der Waals surface area contributed by atoms with Crippen LogP contribution in [0, 0.1) is 5.95 Å². The van der Waals surface area contributed by atoms with Crippen LogP contribution < -0.4 is 5.73 Å². The van der Waals surface area contributed by atoms with Crippen molar-refractivity contribution in [1.29, 1.82) is 0 Å². The van der Waals surface area contributed by atoms with Crippen molar-refractivity contribution >= 4 is 16.7 Å². The summed E-state index contributed by atoms with van der Waals surface area (Å²) in [6, 6.07) is 16.6. The average molecular weight is 379 g/mol. The first kappa shape index (κ1) is 18.5. The van der Waals surface area contributed by atoms with E-state index in [-0.39, 0.29) is 18.4 Å². The van der Waals surface area contributed by atoms with E-state index in [1.807, 2.05) is 24.3 Å². The Labute approximate surface area is 162 Å². The summed E-state index contributed by atoms with van der Waals surface area (Å²) in [6.07, 6.45) is 1.28. The monoisotopic (exact) mass is 379 g/mol. The number of carbonyl (C=O) groups is 1. The zero-order chi connectivity index (χ0) is 19.5. The largest absolute Gasteiger partial charge is 0.370 e. The van der Waals surface area contributed by atoms with Gasteiger partial charge in [-0.05, 0) is 22.4 Å². The number of ether oxygens (including phenoxy) is 1. The Morgan fingerprint density at radius 2 is 2.04 bits per heavy atom. The van der Waals surface area contributed by atoms with Gasteiger partial charge in [-0.25, -0.2) is 4.98 Å². The minimum Gasteiger partial charge on any atom is -0.370 e. The van der Waals surface area contributed by atoms with Crippen LogP contribution in [0.2, 0.25) is 0 Å². The maximum atomic E-state index is 13.8. The van der Waals surface area contributed by atoms with Gasteiger partial charge in [0, 0.05) is 24.7 Å². The number of halogens is 1. The Hall–Kier alpha value is -2.83. The molecule has 1 aliphatic heterocycles. The molecule has 0 radical (unpaired) electrons. The zero-order valence-corrected chi connectivity index (χ0v) is 15.4. The number of pyridine rings is 1. The van der Waals surface area contributed by atoms with Gasteiger partial charge < -0.3 is 15.4 Å². The Morgan fingerprint density at radius 3 is 2.89 bits per heavy atom. The van der Waals surface area contributed by atoms with Gasteiger partial charge in [-0.3, -0.25) is 4.79 Å². The van der Waals surface area contributed by atoms with Crippen LogP contribution in [0.15, 0.2) is 60.8 Å². The van der Waals surface area contributed by atoms with Gasteiger partial charge in [-0.2, -0.15) is 4.39 Å². The molecular formula is C22H22FN3O2. The summed E-state index contributed by atoms with van der Waals surface area (Å²) < 4.78 is 19.7. The molecule has 2 atom stereocenters. The molecule has 2 N–H and O–H groups in total. The Morgan fingerprint density at radius 1 is 1.21 bits per heavy atom. The molecule has 2 unspecified atom stereocenters. The first-order valence-corrected chi connectivity index (χ1v) is 9.36. The fourth-order valence-electron chi connectivity index (χ4n) is 3.70. The minimum absolute atomic E-state index is 0.120. The normalized spacial score (nSPS) is 18.2. The quantitative estimate of drug-likeness (QED) is 0.708. The fraction of sp³-hybridized carbons (Fsp3) is 0.273. The van der Waals surface area contributed by atoms with Crippen LogP contribution in [0.4, 0.5) is 4.39 Å². The Kier molecular flexibility index (Phi) is 5.32. The number of benzene rings is 2. The number of nitrogens with zero attached hydrogens (tertiary/aromatic N) is 2. The van der Waals surface area contributed by atoms with Crippen LogP contribution in [-0.2, 0) is 16.0 Å². The van der Waals surface area contributed by atoms with Gasteiger partial charge in [0.25, 0.3) is 0 Å². The van der Waals surface area contributed by atoms with Crippen molar-refractivity contribution in [1.82, 2.24) is 9.88 Å².